The largest absolute Gasteiger partial charge is 0.327 e. The van der Waals surface area contributed by atoms with E-state index in [9.17, 15) is 4.21 Å². The molecule has 100 valence electrons. The van der Waals surface area contributed by atoms with E-state index < -0.39 is 10.8 Å². The zero-order valence-corrected chi connectivity index (χ0v) is 12.8. The van der Waals surface area contributed by atoms with Gasteiger partial charge >= 0.3 is 0 Å². The first-order valence-electron chi connectivity index (χ1n) is 6.30. The van der Waals surface area contributed by atoms with E-state index in [4.69, 9.17) is 5.73 Å². The minimum atomic E-state index is -0.949. The molecule has 2 nitrogen and oxygen atoms in total. The van der Waals surface area contributed by atoms with Crippen LogP contribution in [0.1, 0.15) is 40.2 Å². The van der Waals surface area contributed by atoms with E-state index >= 15 is 0 Å². The molecular formula is C14H27NOS. The molecule has 0 spiro atoms. The fourth-order valence-electron chi connectivity index (χ4n) is 1.09. The highest BCUT2D eigenvalue weighted by Gasteiger charge is 2.05. The summed E-state index contributed by atoms with van der Waals surface area (Å²) in [5, 5.41) is 0. The molecule has 0 saturated heterocycles. The third-order valence-corrected chi connectivity index (χ3v) is 3.27. The van der Waals surface area contributed by atoms with Crippen molar-refractivity contribution in [2.75, 3.05) is 5.75 Å². The van der Waals surface area contributed by atoms with Gasteiger partial charge in [0.15, 0.2) is 0 Å². The first-order chi connectivity index (χ1) is 8.09. The minimum absolute atomic E-state index is 0.0126. The van der Waals surface area contributed by atoms with Crippen LogP contribution in [0.2, 0.25) is 0 Å². The smallest absolute Gasteiger partial charge is 0.0545 e. The lowest BCUT2D eigenvalue weighted by atomic mass is 10.2. The Hall–Kier alpha value is -0.670. The molecule has 1 aromatic rings. The van der Waals surface area contributed by atoms with Gasteiger partial charge in [0.05, 0.1) is 10.8 Å². The molecule has 0 heterocycles. The fourth-order valence-corrected chi connectivity index (χ4v) is 2.31. The van der Waals surface area contributed by atoms with Crippen molar-refractivity contribution in [2.24, 2.45) is 5.73 Å². The Morgan fingerprint density at radius 3 is 2.18 bits per heavy atom. The van der Waals surface area contributed by atoms with Gasteiger partial charge < -0.3 is 5.73 Å². The van der Waals surface area contributed by atoms with Gasteiger partial charge in [-0.3, -0.25) is 4.21 Å². The Morgan fingerprint density at radius 1 is 1.24 bits per heavy atom. The average molecular weight is 257 g/mol. The molecule has 0 fully saturated rings. The van der Waals surface area contributed by atoms with Crippen LogP contribution >= 0.6 is 0 Å². The van der Waals surface area contributed by atoms with Crippen LogP contribution in [-0.4, -0.2) is 16.0 Å². The molecular weight excluding hydrogens is 230 g/mol. The SMILES string of the molecule is CC.CC.Cc1cccc(S(=O)CC(C)N)c1. The van der Waals surface area contributed by atoms with Crippen LogP contribution in [0.3, 0.4) is 0 Å². The predicted molar refractivity (Wildman–Crippen MR) is 78.8 cm³/mol. The minimum Gasteiger partial charge on any atom is -0.327 e. The highest BCUT2D eigenvalue weighted by molar-refractivity contribution is 7.85. The van der Waals surface area contributed by atoms with Gasteiger partial charge in [0.2, 0.25) is 0 Å². The fraction of sp³-hybridized carbons (Fsp3) is 0.571. The number of hydrogen-bond donors (Lipinski definition) is 1. The standard InChI is InChI=1S/C10H15NOS.2C2H6/c1-8-4-3-5-10(6-8)13(12)7-9(2)11;2*1-2/h3-6,9H,7,11H2,1-2H3;2*1-2H3. The molecule has 1 aromatic carbocycles. The molecule has 0 radical (unpaired) electrons. The highest BCUT2D eigenvalue weighted by atomic mass is 32.2. The van der Waals surface area contributed by atoms with E-state index in [0.29, 0.717) is 5.75 Å². The van der Waals surface area contributed by atoms with Gasteiger partial charge in [-0.15, -0.1) is 0 Å². The van der Waals surface area contributed by atoms with E-state index in [1.54, 1.807) is 0 Å². The van der Waals surface area contributed by atoms with Gasteiger partial charge in [-0.2, -0.15) is 0 Å². The summed E-state index contributed by atoms with van der Waals surface area (Å²) < 4.78 is 11.6. The van der Waals surface area contributed by atoms with Crippen molar-refractivity contribution in [1.29, 1.82) is 0 Å². The van der Waals surface area contributed by atoms with Crippen LogP contribution in [0.25, 0.3) is 0 Å². The Labute approximate surface area is 109 Å². The maximum absolute atomic E-state index is 11.6. The maximum atomic E-state index is 11.6. The number of benzene rings is 1. The van der Waals surface area contributed by atoms with E-state index in [-0.39, 0.29) is 6.04 Å². The zero-order valence-electron chi connectivity index (χ0n) is 12.0. The van der Waals surface area contributed by atoms with Gasteiger partial charge in [-0.05, 0) is 31.5 Å². The number of aryl methyl sites for hydroxylation is 1. The summed E-state index contributed by atoms with van der Waals surface area (Å²) in [5.41, 5.74) is 6.71. The Kier molecular flexibility index (Phi) is 13.0. The number of nitrogens with two attached hydrogens (primary N) is 1. The summed E-state index contributed by atoms with van der Waals surface area (Å²) in [4.78, 5) is 0.873. The second-order valence-corrected chi connectivity index (χ2v) is 4.80. The molecule has 1 rings (SSSR count). The van der Waals surface area contributed by atoms with Crippen LogP contribution in [0, 0.1) is 6.92 Å². The quantitative estimate of drug-likeness (QED) is 0.900. The normalized spacial score (nSPS) is 12.4. The molecule has 2 atom stereocenters. The van der Waals surface area contributed by atoms with Crippen molar-refractivity contribution in [3.63, 3.8) is 0 Å². The van der Waals surface area contributed by atoms with Crippen molar-refractivity contribution >= 4 is 10.8 Å². The van der Waals surface area contributed by atoms with Crippen molar-refractivity contribution in [1.82, 2.24) is 0 Å². The highest BCUT2D eigenvalue weighted by Crippen LogP contribution is 2.09. The van der Waals surface area contributed by atoms with Gasteiger partial charge in [0.25, 0.3) is 0 Å². The lowest BCUT2D eigenvalue weighted by Crippen LogP contribution is -2.22. The third kappa shape index (κ3) is 9.07. The van der Waals surface area contributed by atoms with Gasteiger partial charge in [-0.1, -0.05) is 39.8 Å². The molecule has 2 unspecified atom stereocenters. The van der Waals surface area contributed by atoms with Crippen LogP contribution in [-0.2, 0) is 10.8 Å². The molecule has 17 heavy (non-hydrogen) atoms. The molecule has 0 aliphatic heterocycles. The van der Waals surface area contributed by atoms with E-state index in [1.807, 2.05) is 65.8 Å². The third-order valence-electron chi connectivity index (χ3n) is 1.67. The summed E-state index contributed by atoms with van der Waals surface area (Å²) in [5.74, 6) is 0.531. The molecule has 0 aliphatic rings. The molecule has 3 heteroatoms. The molecule has 0 saturated carbocycles. The van der Waals surface area contributed by atoms with Crippen molar-refractivity contribution in [3.05, 3.63) is 29.8 Å². The van der Waals surface area contributed by atoms with Crippen molar-refractivity contribution in [2.45, 2.75) is 52.5 Å². The predicted octanol–water partition coefficient (Wildman–Crippen LogP) is 3.50. The van der Waals surface area contributed by atoms with Gasteiger partial charge in [0, 0.05) is 16.7 Å². The molecule has 2 N–H and O–H groups in total. The number of hydrogen-bond acceptors (Lipinski definition) is 2. The average Bonchev–Trinajstić information content (AvgIpc) is 2.33. The molecule has 0 aromatic heterocycles. The summed E-state index contributed by atoms with van der Waals surface area (Å²) in [6.45, 7) is 11.9. The van der Waals surface area contributed by atoms with Crippen LogP contribution in [0.5, 0.6) is 0 Å². The lowest BCUT2D eigenvalue weighted by Gasteiger charge is -2.05. The van der Waals surface area contributed by atoms with E-state index in [2.05, 4.69) is 0 Å². The summed E-state index contributed by atoms with van der Waals surface area (Å²) in [7, 11) is -0.949. The van der Waals surface area contributed by atoms with E-state index in [0.717, 1.165) is 10.5 Å². The van der Waals surface area contributed by atoms with Crippen molar-refractivity contribution < 1.29 is 4.21 Å². The molecule has 0 bridgehead atoms. The summed E-state index contributed by atoms with van der Waals surface area (Å²) in [6.07, 6.45) is 0. The van der Waals surface area contributed by atoms with E-state index in [1.165, 1.54) is 0 Å². The monoisotopic (exact) mass is 257 g/mol. The summed E-state index contributed by atoms with van der Waals surface area (Å²) in [6, 6.07) is 7.72. The Balaban J connectivity index is 0. The summed E-state index contributed by atoms with van der Waals surface area (Å²) >= 11 is 0. The maximum Gasteiger partial charge on any atom is 0.0545 e. The first-order valence-corrected chi connectivity index (χ1v) is 7.62. The second kappa shape index (κ2) is 11.8. The Bertz CT molecular complexity index is 311. The van der Waals surface area contributed by atoms with Crippen molar-refractivity contribution in [3.8, 4) is 0 Å². The molecule has 0 amide bonds. The van der Waals surface area contributed by atoms with Gasteiger partial charge in [-0.25, -0.2) is 0 Å². The first kappa shape index (κ1) is 18.7. The topological polar surface area (TPSA) is 43.1 Å². The zero-order chi connectivity index (χ0) is 13.8. The van der Waals surface area contributed by atoms with Crippen LogP contribution < -0.4 is 5.73 Å². The molecule has 0 aliphatic carbocycles. The Morgan fingerprint density at radius 2 is 1.76 bits per heavy atom. The van der Waals surface area contributed by atoms with Crippen LogP contribution in [0.15, 0.2) is 29.2 Å². The lowest BCUT2D eigenvalue weighted by molar-refractivity contribution is 0.676. The van der Waals surface area contributed by atoms with Gasteiger partial charge in [0.1, 0.15) is 0 Å². The van der Waals surface area contributed by atoms with Crippen LogP contribution in [0.4, 0.5) is 0 Å². The number of rotatable bonds is 3. The second-order valence-electron chi connectivity index (χ2n) is 3.31.